The summed E-state index contributed by atoms with van der Waals surface area (Å²) in [5.74, 6) is 1.83. The summed E-state index contributed by atoms with van der Waals surface area (Å²) in [5.41, 5.74) is 0.613. The molecule has 1 aliphatic rings. The van der Waals surface area contributed by atoms with Gasteiger partial charge in [0.05, 0.1) is 11.4 Å². The highest BCUT2D eigenvalue weighted by Gasteiger charge is 2.31. The number of hydrogen-bond donors (Lipinski definition) is 0. The molecule has 2 rings (SSSR count). The number of halogens is 3. The van der Waals surface area contributed by atoms with Crippen molar-refractivity contribution in [3.63, 3.8) is 0 Å². The molecule has 0 amide bonds. The Kier molecular flexibility index (Phi) is 5.56. The molecule has 23 heavy (non-hydrogen) atoms. The average Bonchev–Trinajstić information content (AvgIpc) is 2.47. The summed E-state index contributed by atoms with van der Waals surface area (Å²) in [6, 6.07) is 4.14. The predicted octanol–water partition coefficient (Wildman–Crippen LogP) is 4.48. The normalized spacial score (nSPS) is 15.0. The molecule has 0 aliphatic carbocycles. The van der Waals surface area contributed by atoms with Gasteiger partial charge in [0, 0.05) is 18.0 Å². The minimum absolute atomic E-state index is 0.231. The number of rotatable bonds is 3. The lowest BCUT2D eigenvalue weighted by Gasteiger charge is -2.21. The maximum atomic E-state index is 12.2. The molecule has 4 nitrogen and oxygen atoms in total. The van der Waals surface area contributed by atoms with Crippen LogP contribution in [0.25, 0.3) is 0 Å². The lowest BCUT2D eigenvalue weighted by Crippen LogP contribution is -2.29. The Morgan fingerprint density at radius 2 is 2.04 bits per heavy atom. The van der Waals surface area contributed by atoms with E-state index in [1.54, 1.807) is 0 Å². The fraction of sp³-hybridized carbons (Fsp3) is 0.467. The first-order valence-electron chi connectivity index (χ1n) is 7.22. The zero-order valence-electron chi connectivity index (χ0n) is 13.1. The fourth-order valence-corrected chi connectivity index (χ4v) is 3.08. The van der Waals surface area contributed by atoms with E-state index >= 15 is 0 Å². The summed E-state index contributed by atoms with van der Waals surface area (Å²) >= 11 is 1.40. The summed E-state index contributed by atoms with van der Waals surface area (Å²) in [6.45, 7) is 7.76. The number of fused-ring (bicyclic) bond motifs is 1. The third-order valence-electron chi connectivity index (χ3n) is 3.28. The molecule has 0 saturated carbocycles. The average molecular weight is 345 g/mol. The van der Waals surface area contributed by atoms with Crippen molar-refractivity contribution < 1.29 is 17.9 Å². The van der Waals surface area contributed by atoms with Crippen LogP contribution in [0.15, 0.2) is 33.1 Å². The molecule has 0 unspecified atom stereocenters. The summed E-state index contributed by atoms with van der Waals surface area (Å²) in [4.78, 5) is 11.7. The summed E-state index contributed by atoms with van der Waals surface area (Å²) < 4.78 is 40.7. The molecule has 1 aromatic rings. The number of aliphatic imine (C=N–C) groups is 2. The SMILES string of the molecule is CCN(CC)C(C)=NC1=Nc2ccc(OC(F)(F)F)cc2SC1. The maximum absolute atomic E-state index is 12.2. The topological polar surface area (TPSA) is 37.2 Å². The van der Waals surface area contributed by atoms with Gasteiger partial charge in [0.25, 0.3) is 0 Å². The Morgan fingerprint density at radius 3 is 2.65 bits per heavy atom. The molecule has 0 spiro atoms. The van der Waals surface area contributed by atoms with Gasteiger partial charge in [-0.1, -0.05) is 0 Å². The summed E-state index contributed by atoms with van der Waals surface area (Å²) in [5, 5.41) is 0. The number of hydrogen-bond acceptors (Lipinski definition) is 4. The van der Waals surface area contributed by atoms with Gasteiger partial charge in [0.2, 0.25) is 0 Å². The third-order valence-corrected chi connectivity index (χ3v) is 4.32. The van der Waals surface area contributed by atoms with E-state index in [4.69, 9.17) is 0 Å². The zero-order chi connectivity index (χ0) is 17.0. The van der Waals surface area contributed by atoms with Crippen LogP contribution >= 0.6 is 11.8 Å². The maximum Gasteiger partial charge on any atom is 0.573 e. The monoisotopic (exact) mass is 345 g/mol. The lowest BCUT2D eigenvalue weighted by atomic mass is 10.3. The van der Waals surface area contributed by atoms with Gasteiger partial charge < -0.3 is 9.64 Å². The molecule has 0 aromatic heterocycles. The number of nitrogens with zero attached hydrogens (tertiary/aromatic N) is 3. The number of amidine groups is 2. The molecule has 0 radical (unpaired) electrons. The highest BCUT2D eigenvalue weighted by Crippen LogP contribution is 2.38. The second-order valence-electron chi connectivity index (χ2n) is 4.83. The van der Waals surface area contributed by atoms with Crippen LogP contribution in [-0.2, 0) is 0 Å². The zero-order valence-corrected chi connectivity index (χ0v) is 14.0. The molecular weight excluding hydrogens is 327 g/mol. The van der Waals surface area contributed by atoms with E-state index in [0.717, 1.165) is 18.9 Å². The van der Waals surface area contributed by atoms with Gasteiger partial charge in [-0.2, -0.15) is 0 Å². The van der Waals surface area contributed by atoms with Gasteiger partial charge >= 0.3 is 6.36 Å². The van der Waals surface area contributed by atoms with Crippen molar-refractivity contribution in [2.75, 3.05) is 18.8 Å². The molecular formula is C15H18F3N3OS. The Hall–Kier alpha value is -1.70. The van der Waals surface area contributed by atoms with Crippen LogP contribution in [0, 0.1) is 0 Å². The van der Waals surface area contributed by atoms with Crippen molar-refractivity contribution >= 4 is 29.1 Å². The van der Waals surface area contributed by atoms with Crippen molar-refractivity contribution in [3.05, 3.63) is 18.2 Å². The van der Waals surface area contributed by atoms with Crippen LogP contribution in [0.1, 0.15) is 20.8 Å². The quantitative estimate of drug-likeness (QED) is 0.599. The van der Waals surface area contributed by atoms with Crippen LogP contribution in [0.5, 0.6) is 5.75 Å². The van der Waals surface area contributed by atoms with Crippen LogP contribution in [0.2, 0.25) is 0 Å². The first kappa shape index (κ1) is 17.7. The molecule has 0 fully saturated rings. The van der Waals surface area contributed by atoms with E-state index in [1.165, 1.54) is 30.0 Å². The molecule has 1 aliphatic heterocycles. The van der Waals surface area contributed by atoms with Gasteiger partial charge in [-0.15, -0.1) is 24.9 Å². The minimum atomic E-state index is -4.69. The van der Waals surface area contributed by atoms with Crippen LogP contribution < -0.4 is 4.74 Å². The molecule has 126 valence electrons. The van der Waals surface area contributed by atoms with Gasteiger partial charge in [-0.05, 0) is 39.0 Å². The Balaban J connectivity index is 2.20. The molecule has 1 aromatic carbocycles. The highest BCUT2D eigenvalue weighted by atomic mass is 32.2. The summed E-state index contributed by atoms with van der Waals surface area (Å²) in [6.07, 6.45) is -4.69. The van der Waals surface area contributed by atoms with Gasteiger partial charge in [-0.25, -0.2) is 9.98 Å². The molecule has 1 heterocycles. The van der Waals surface area contributed by atoms with Crippen LogP contribution in [0.3, 0.4) is 0 Å². The largest absolute Gasteiger partial charge is 0.573 e. The van der Waals surface area contributed by atoms with E-state index in [2.05, 4.69) is 33.5 Å². The van der Waals surface area contributed by atoms with Crippen LogP contribution in [0.4, 0.5) is 18.9 Å². The van der Waals surface area contributed by atoms with Crippen molar-refractivity contribution in [1.29, 1.82) is 0 Å². The molecule has 8 heteroatoms. The minimum Gasteiger partial charge on any atom is -0.406 e. The first-order valence-corrected chi connectivity index (χ1v) is 8.21. The highest BCUT2D eigenvalue weighted by molar-refractivity contribution is 8.00. The van der Waals surface area contributed by atoms with E-state index in [9.17, 15) is 13.2 Å². The Bertz CT molecular complexity index is 625. The van der Waals surface area contributed by atoms with E-state index < -0.39 is 6.36 Å². The second-order valence-corrected chi connectivity index (χ2v) is 5.84. The molecule has 0 N–H and O–H groups in total. The van der Waals surface area contributed by atoms with Crippen molar-refractivity contribution in [2.45, 2.75) is 32.0 Å². The summed E-state index contributed by atoms with van der Waals surface area (Å²) in [7, 11) is 0. The smallest absolute Gasteiger partial charge is 0.406 e. The predicted molar refractivity (Wildman–Crippen MR) is 87.0 cm³/mol. The van der Waals surface area contributed by atoms with Crippen molar-refractivity contribution in [1.82, 2.24) is 4.90 Å². The van der Waals surface area contributed by atoms with Gasteiger partial charge in [0.15, 0.2) is 0 Å². The molecule has 0 saturated heterocycles. The van der Waals surface area contributed by atoms with E-state index in [-0.39, 0.29) is 5.75 Å². The molecule has 0 atom stereocenters. The second kappa shape index (κ2) is 7.25. The van der Waals surface area contributed by atoms with E-state index in [0.29, 0.717) is 22.2 Å². The van der Waals surface area contributed by atoms with Gasteiger partial charge in [-0.3, -0.25) is 0 Å². The Labute approximate surface area is 137 Å². The van der Waals surface area contributed by atoms with E-state index in [1.807, 2.05) is 6.92 Å². The number of thioether (sulfide) groups is 1. The van der Waals surface area contributed by atoms with Gasteiger partial charge in [0.1, 0.15) is 17.4 Å². The standard InChI is InChI=1S/C15H18F3N3OS/c1-4-21(5-2)10(3)19-14-9-23-13-8-11(22-15(16,17)18)6-7-12(13)20-14/h6-8H,4-5,9H2,1-3H3. The lowest BCUT2D eigenvalue weighted by molar-refractivity contribution is -0.274. The van der Waals surface area contributed by atoms with Crippen molar-refractivity contribution in [3.8, 4) is 5.75 Å². The Morgan fingerprint density at radius 1 is 1.35 bits per heavy atom. The van der Waals surface area contributed by atoms with Crippen LogP contribution in [-0.4, -0.2) is 41.8 Å². The third kappa shape index (κ3) is 4.89. The number of ether oxygens (including phenoxy) is 1. The number of benzene rings is 1. The first-order chi connectivity index (χ1) is 10.8. The molecule has 0 bridgehead atoms. The number of alkyl halides is 3. The van der Waals surface area contributed by atoms with Crippen molar-refractivity contribution in [2.24, 2.45) is 9.98 Å². The fourth-order valence-electron chi connectivity index (χ4n) is 2.21.